The lowest BCUT2D eigenvalue weighted by atomic mass is 9.87. The van der Waals surface area contributed by atoms with Gasteiger partial charge in [0.05, 0.1) is 5.75 Å². The first-order valence-corrected chi connectivity index (χ1v) is 5.11. The predicted octanol–water partition coefficient (Wildman–Crippen LogP) is -0.0581. The van der Waals surface area contributed by atoms with E-state index in [1.54, 1.807) is 0 Å². The summed E-state index contributed by atoms with van der Waals surface area (Å²) in [6, 6.07) is 0. The number of hydrogen-bond acceptors (Lipinski definition) is 3. The van der Waals surface area contributed by atoms with Gasteiger partial charge in [0.1, 0.15) is 0 Å². The van der Waals surface area contributed by atoms with E-state index in [-0.39, 0.29) is 5.57 Å². The van der Waals surface area contributed by atoms with Gasteiger partial charge in [-0.1, -0.05) is 20.4 Å². The Balaban J connectivity index is 4.79. The van der Waals surface area contributed by atoms with Gasteiger partial charge in [0.25, 0.3) is 10.1 Å². The van der Waals surface area contributed by atoms with Gasteiger partial charge in [-0.2, -0.15) is 8.42 Å². The van der Waals surface area contributed by atoms with Crippen molar-refractivity contribution in [1.82, 2.24) is 0 Å². The number of amides is 1. The summed E-state index contributed by atoms with van der Waals surface area (Å²) in [6.45, 7) is 6.29. The van der Waals surface area contributed by atoms with E-state index in [2.05, 4.69) is 6.58 Å². The molecule has 0 unspecified atom stereocenters. The summed E-state index contributed by atoms with van der Waals surface area (Å²) in [5.74, 6) is -1.34. The molecule has 0 radical (unpaired) electrons. The molecule has 13 heavy (non-hydrogen) atoms. The lowest BCUT2D eigenvalue weighted by Gasteiger charge is -2.23. The third kappa shape index (κ3) is 4.05. The van der Waals surface area contributed by atoms with Crippen LogP contribution in [0.2, 0.25) is 0 Å². The average molecular weight is 207 g/mol. The topological polar surface area (TPSA) is 97.5 Å². The second-order valence-electron chi connectivity index (χ2n) is 3.45. The standard InChI is InChI=1S/C7H13NO4S/c1-5(6(8)9)7(2,3)4-13(10,11)12/h1,4H2,2-3H3,(H2,8,9)(H,10,11,12). The normalized spacial score (nSPS) is 12.5. The van der Waals surface area contributed by atoms with Crippen molar-refractivity contribution in [2.45, 2.75) is 13.8 Å². The first-order valence-electron chi connectivity index (χ1n) is 3.50. The summed E-state index contributed by atoms with van der Waals surface area (Å²) < 4.78 is 29.6. The highest BCUT2D eigenvalue weighted by atomic mass is 32.2. The van der Waals surface area contributed by atoms with Gasteiger partial charge in [0.15, 0.2) is 0 Å². The summed E-state index contributed by atoms with van der Waals surface area (Å²) in [5, 5.41) is 0. The molecule has 1 amide bonds. The molecule has 0 rings (SSSR count). The Morgan fingerprint density at radius 2 is 1.92 bits per heavy atom. The number of carbonyl (C=O) groups is 1. The summed E-state index contributed by atoms with van der Waals surface area (Å²) in [5.41, 5.74) is 3.86. The highest BCUT2D eigenvalue weighted by molar-refractivity contribution is 7.85. The van der Waals surface area contributed by atoms with Gasteiger partial charge in [-0.25, -0.2) is 0 Å². The Hall–Kier alpha value is -0.880. The van der Waals surface area contributed by atoms with Crippen LogP contribution in [-0.4, -0.2) is 24.6 Å². The minimum Gasteiger partial charge on any atom is -0.366 e. The van der Waals surface area contributed by atoms with E-state index in [0.29, 0.717) is 0 Å². The van der Waals surface area contributed by atoms with E-state index in [4.69, 9.17) is 10.3 Å². The van der Waals surface area contributed by atoms with Crippen LogP contribution in [0.4, 0.5) is 0 Å². The molecule has 0 saturated carbocycles. The van der Waals surface area contributed by atoms with Crippen molar-refractivity contribution in [2.24, 2.45) is 11.1 Å². The zero-order valence-corrected chi connectivity index (χ0v) is 8.39. The fraction of sp³-hybridized carbons (Fsp3) is 0.571. The van der Waals surface area contributed by atoms with Crippen molar-refractivity contribution in [3.05, 3.63) is 12.2 Å². The summed E-state index contributed by atoms with van der Waals surface area (Å²) >= 11 is 0. The van der Waals surface area contributed by atoms with Crippen molar-refractivity contribution >= 4 is 16.0 Å². The highest BCUT2D eigenvalue weighted by Gasteiger charge is 2.30. The van der Waals surface area contributed by atoms with E-state index in [1.807, 2.05) is 0 Å². The van der Waals surface area contributed by atoms with Crippen LogP contribution in [0.1, 0.15) is 13.8 Å². The van der Waals surface area contributed by atoms with Gasteiger partial charge in [0.2, 0.25) is 5.91 Å². The number of nitrogens with two attached hydrogens (primary N) is 1. The monoisotopic (exact) mass is 207 g/mol. The molecule has 0 fully saturated rings. The Morgan fingerprint density at radius 3 is 2.15 bits per heavy atom. The number of primary amides is 1. The van der Waals surface area contributed by atoms with Gasteiger partial charge >= 0.3 is 0 Å². The van der Waals surface area contributed by atoms with Gasteiger partial charge in [-0.3, -0.25) is 9.35 Å². The maximum atomic E-state index is 10.7. The third-order valence-corrected chi connectivity index (χ3v) is 2.74. The van der Waals surface area contributed by atoms with Gasteiger partial charge < -0.3 is 5.73 Å². The second-order valence-corrected chi connectivity index (χ2v) is 4.91. The molecule has 0 aromatic heterocycles. The maximum Gasteiger partial charge on any atom is 0.265 e. The van der Waals surface area contributed by atoms with Crippen LogP contribution in [0.5, 0.6) is 0 Å². The van der Waals surface area contributed by atoms with Crippen LogP contribution >= 0.6 is 0 Å². The zero-order valence-electron chi connectivity index (χ0n) is 7.57. The molecule has 0 bridgehead atoms. The number of rotatable bonds is 4. The Bertz CT molecular complexity index is 328. The molecule has 0 aliphatic heterocycles. The zero-order chi connectivity index (χ0) is 10.9. The van der Waals surface area contributed by atoms with E-state index >= 15 is 0 Å². The van der Waals surface area contributed by atoms with E-state index in [1.165, 1.54) is 13.8 Å². The Labute approximate surface area is 77.4 Å². The second kappa shape index (κ2) is 3.47. The summed E-state index contributed by atoms with van der Waals surface area (Å²) in [7, 11) is -4.13. The first-order chi connectivity index (χ1) is 5.56. The molecule has 0 aromatic carbocycles. The van der Waals surface area contributed by atoms with Crippen LogP contribution < -0.4 is 5.73 Å². The largest absolute Gasteiger partial charge is 0.366 e. The van der Waals surface area contributed by atoms with Gasteiger partial charge in [-0.15, -0.1) is 0 Å². The summed E-state index contributed by atoms with van der Waals surface area (Å²) in [4.78, 5) is 10.7. The van der Waals surface area contributed by atoms with Crippen LogP contribution in [0.25, 0.3) is 0 Å². The fourth-order valence-corrected chi connectivity index (χ4v) is 1.96. The minimum absolute atomic E-state index is 0.0230. The average Bonchev–Trinajstić information content (AvgIpc) is 1.80. The lowest BCUT2D eigenvalue weighted by Crippen LogP contribution is -2.32. The van der Waals surface area contributed by atoms with Crippen LogP contribution in [0.15, 0.2) is 12.2 Å². The molecule has 0 spiro atoms. The van der Waals surface area contributed by atoms with E-state index in [0.717, 1.165) is 0 Å². The number of carbonyl (C=O) groups excluding carboxylic acids is 1. The van der Waals surface area contributed by atoms with Crippen molar-refractivity contribution in [3.8, 4) is 0 Å². The van der Waals surface area contributed by atoms with Gasteiger partial charge in [-0.05, 0) is 0 Å². The van der Waals surface area contributed by atoms with Crippen LogP contribution in [0, 0.1) is 5.41 Å². The number of hydrogen-bond donors (Lipinski definition) is 2. The smallest absolute Gasteiger partial charge is 0.265 e. The molecule has 6 heteroatoms. The van der Waals surface area contributed by atoms with Crippen LogP contribution in [0.3, 0.4) is 0 Å². The first kappa shape index (κ1) is 12.1. The van der Waals surface area contributed by atoms with E-state index in [9.17, 15) is 13.2 Å². The SMILES string of the molecule is C=C(C(N)=O)C(C)(C)CS(=O)(=O)O. The third-order valence-electron chi connectivity index (χ3n) is 1.66. The fourth-order valence-electron chi connectivity index (χ4n) is 0.877. The molecule has 0 atom stereocenters. The quantitative estimate of drug-likeness (QED) is 0.498. The minimum atomic E-state index is -4.13. The molecule has 5 nitrogen and oxygen atoms in total. The summed E-state index contributed by atoms with van der Waals surface area (Å²) in [6.07, 6.45) is 0. The van der Waals surface area contributed by atoms with Crippen molar-refractivity contribution in [2.75, 3.05) is 5.75 Å². The van der Waals surface area contributed by atoms with Gasteiger partial charge in [0, 0.05) is 11.0 Å². The molecule has 0 aromatic rings. The highest BCUT2D eigenvalue weighted by Crippen LogP contribution is 2.25. The molecular weight excluding hydrogens is 194 g/mol. The maximum absolute atomic E-state index is 10.7. The Morgan fingerprint density at radius 1 is 1.54 bits per heavy atom. The van der Waals surface area contributed by atoms with Crippen molar-refractivity contribution < 1.29 is 17.8 Å². The Kier molecular flexibility index (Phi) is 3.23. The molecule has 0 aliphatic carbocycles. The molecule has 76 valence electrons. The predicted molar refractivity (Wildman–Crippen MR) is 48.5 cm³/mol. The van der Waals surface area contributed by atoms with Crippen LogP contribution in [-0.2, 0) is 14.9 Å². The molecule has 3 N–H and O–H groups in total. The molecule has 0 saturated heterocycles. The molecular formula is C7H13NO4S. The van der Waals surface area contributed by atoms with E-state index < -0.39 is 27.2 Å². The molecule has 0 heterocycles. The lowest BCUT2D eigenvalue weighted by molar-refractivity contribution is -0.115. The van der Waals surface area contributed by atoms with Crippen molar-refractivity contribution in [1.29, 1.82) is 0 Å². The van der Waals surface area contributed by atoms with Crippen molar-refractivity contribution in [3.63, 3.8) is 0 Å². The molecule has 0 aliphatic rings.